The van der Waals surface area contributed by atoms with Gasteiger partial charge in [-0.3, -0.25) is 0 Å². The zero-order valence-electron chi connectivity index (χ0n) is 2.40. The topological polar surface area (TPSA) is 61.5 Å². The predicted octanol–water partition coefficient (Wildman–Crippen LogP) is -4.38. The number of hydrogen-bond acceptors (Lipinski definition) is 1. The molecule has 0 aromatic rings. The van der Waals surface area contributed by atoms with Crippen LogP contribution in [0.3, 0.4) is 0 Å². The minimum atomic E-state index is 0. The summed E-state index contributed by atoms with van der Waals surface area (Å²) in [5, 5.41) is 0. The Labute approximate surface area is 66.6 Å². The van der Waals surface area contributed by atoms with Crippen molar-refractivity contribution in [3.8, 4) is 0 Å². The molecule has 0 aromatic heterocycles. The Morgan fingerprint density at radius 3 is 1.00 bits per heavy atom. The molecule has 0 fully saturated rings. The molecule has 24 valence electrons. The van der Waals surface area contributed by atoms with Gasteiger partial charge in [-0.2, -0.15) is 0 Å². The Kier molecular flexibility index (Phi) is 723. The molecule has 0 unspecified atom stereocenters. The van der Waals surface area contributed by atoms with E-state index < -0.39 is 0 Å². The van der Waals surface area contributed by atoms with Crippen LogP contribution in [0.15, 0.2) is 0 Å². The summed E-state index contributed by atoms with van der Waals surface area (Å²) in [5.41, 5.74) is 0. The molecule has 0 spiro atoms. The van der Waals surface area contributed by atoms with Crippen LogP contribution in [-0.4, -0.2) is 28.3 Å². The molecule has 2 nitrogen and oxygen atoms in total. The Bertz CT molecular complexity index is 9.61. The SMILES string of the molecule is O.[Al+3].[Cl-].[OH-].[Zr+4]. The summed E-state index contributed by atoms with van der Waals surface area (Å²) in [6.07, 6.45) is 0. The number of rotatable bonds is 0. The summed E-state index contributed by atoms with van der Waals surface area (Å²) in [6, 6.07) is 0. The van der Waals surface area contributed by atoms with Crippen LogP contribution in [-0.2, 0) is 26.2 Å². The number of halogens is 1. The monoisotopic (exact) mass is 187 g/mol. The van der Waals surface area contributed by atoms with Gasteiger partial charge in [0.05, 0.1) is 0 Å². The Morgan fingerprint density at radius 2 is 1.00 bits per heavy atom. The molecule has 5 heteroatoms. The fourth-order valence-corrected chi connectivity index (χ4v) is 0. The minimum Gasteiger partial charge on any atom is -1.00 e. The van der Waals surface area contributed by atoms with Gasteiger partial charge in [0.2, 0.25) is 0 Å². The summed E-state index contributed by atoms with van der Waals surface area (Å²) in [4.78, 5) is 0. The van der Waals surface area contributed by atoms with Crippen molar-refractivity contribution in [2.75, 3.05) is 0 Å². The van der Waals surface area contributed by atoms with Crippen LogP contribution in [0.5, 0.6) is 0 Å². The first-order valence-corrected chi connectivity index (χ1v) is 0. The summed E-state index contributed by atoms with van der Waals surface area (Å²) >= 11 is 0. The Balaban J connectivity index is 0. The molecule has 5 heavy (non-hydrogen) atoms. The fraction of sp³-hybridized carbons (Fsp3) is 0. The fourth-order valence-electron chi connectivity index (χ4n) is 0. The molecule has 0 saturated carbocycles. The first-order valence-electron chi connectivity index (χ1n) is 0. The van der Waals surface area contributed by atoms with Gasteiger partial charge in [-0.15, -0.1) is 0 Å². The summed E-state index contributed by atoms with van der Waals surface area (Å²) in [6.45, 7) is 0. The molecule has 0 atom stereocenters. The molecule has 3 N–H and O–H groups in total. The van der Waals surface area contributed by atoms with Crippen LogP contribution in [0, 0.1) is 0 Å². The van der Waals surface area contributed by atoms with E-state index in [-0.39, 0.29) is 66.9 Å². The molecule has 0 rings (SSSR count). The van der Waals surface area contributed by atoms with E-state index in [0.717, 1.165) is 0 Å². The molecular weight excluding hydrogens is 186 g/mol. The van der Waals surface area contributed by atoms with Gasteiger partial charge in [0.15, 0.2) is 0 Å². The third kappa shape index (κ3) is 28.0. The molecule has 0 bridgehead atoms. The molecule has 0 saturated heterocycles. The molecule has 0 amide bonds. The van der Waals surface area contributed by atoms with Gasteiger partial charge in [-0.05, 0) is 0 Å². The van der Waals surface area contributed by atoms with E-state index in [9.17, 15) is 0 Å². The quantitative estimate of drug-likeness (QED) is 0.355. The van der Waals surface area contributed by atoms with E-state index in [1.807, 2.05) is 0 Å². The average Bonchev–Trinajstić information content (AvgIpc) is 0. The van der Waals surface area contributed by atoms with Crippen molar-refractivity contribution in [1.82, 2.24) is 0 Å². The average molecular weight is 189 g/mol. The van der Waals surface area contributed by atoms with Gasteiger partial charge in [0.1, 0.15) is 0 Å². The largest absolute Gasteiger partial charge is 4.00 e. The van der Waals surface area contributed by atoms with E-state index in [1.165, 1.54) is 0 Å². The van der Waals surface area contributed by atoms with Gasteiger partial charge < -0.3 is 23.4 Å². The van der Waals surface area contributed by atoms with Crippen LogP contribution in [0.4, 0.5) is 0 Å². The van der Waals surface area contributed by atoms with Crippen LogP contribution < -0.4 is 12.4 Å². The first kappa shape index (κ1) is 79.3. The van der Waals surface area contributed by atoms with E-state index >= 15 is 0 Å². The van der Waals surface area contributed by atoms with Gasteiger partial charge in [-0.25, -0.2) is 0 Å². The zero-order chi connectivity index (χ0) is 0. The second kappa shape index (κ2) is 45.5. The summed E-state index contributed by atoms with van der Waals surface area (Å²) < 4.78 is 0. The maximum Gasteiger partial charge on any atom is 4.00 e. The molecule has 0 heterocycles. The van der Waals surface area contributed by atoms with E-state index in [2.05, 4.69) is 0 Å². The maximum atomic E-state index is 0. The van der Waals surface area contributed by atoms with E-state index in [1.54, 1.807) is 0 Å². The minimum absolute atomic E-state index is 0. The van der Waals surface area contributed by atoms with Crippen molar-refractivity contribution < 1.29 is 49.6 Å². The Hall–Kier alpha value is 1.63. The normalized spacial score (nSPS) is 0. The van der Waals surface area contributed by atoms with Crippen LogP contribution in [0.25, 0.3) is 0 Å². The van der Waals surface area contributed by atoms with Gasteiger partial charge in [0, 0.05) is 0 Å². The van der Waals surface area contributed by atoms with E-state index in [4.69, 9.17) is 0 Å². The molecule has 0 radical (unpaired) electrons. The van der Waals surface area contributed by atoms with Gasteiger partial charge in [0.25, 0.3) is 0 Å². The molecule has 0 aromatic carbocycles. The van der Waals surface area contributed by atoms with Gasteiger partial charge >= 0.3 is 43.6 Å². The summed E-state index contributed by atoms with van der Waals surface area (Å²) in [7, 11) is 0. The third-order valence-electron chi connectivity index (χ3n) is 0. The van der Waals surface area contributed by atoms with Crippen LogP contribution in [0.2, 0.25) is 0 Å². The van der Waals surface area contributed by atoms with Crippen molar-refractivity contribution in [2.24, 2.45) is 0 Å². The van der Waals surface area contributed by atoms with Crippen LogP contribution >= 0.6 is 0 Å². The molecule has 0 aliphatic heterocycles. The standard InChI is InChI=1S/Al.ClH.2H2O.Zr/h;1H;2*1H2;/q+3;;;;+4/p-2. The van der Waals surface area contributed by atoms with E-state index in [0.29, 0.717) is 0 Å². The number of hydrogen-bond donors (Lipinski definition) is 0. The van der Waals surface area contributed by atoms with Crippen molar-refractivity contribution in [1.29, 1.82) is 0 Å². The summed E-state index contributed by atoms with van der Waals surface area (Å²) in [5.74, 6) is 0. The van der Waals surface area contributed by atoms with Crippen molar-refractivity contribution in [3.63, 3.8) is 0 Å². The van der Waals surface area contributed by atoms with Crippen molar-refractivity contribution in [2.45, 2.75) is 0 Å². The maximum absolute atomic E-state index is 0. The van der Waals surface area contributed by atoms with Crippen molar-refractivity contribution in [3.05, 3.63) is 0 Å². The second-order valence-corrected chi connectivity index (χ2v) is 0. The second-order valence-electron chi connectivity index (χ2n) is 0. The third-order valence-corrected chi connectivity index (χ3v) is 0. The molecule has 0 aliphatic rings. The smallest absolute Gasteiger partial charge is 1.00 e. The van der Waals surface area contributed by atoms with Crippen molar-refractivity contribution >= 4 is 17.4 Å². The molecular formula is H3AlClO2Zr+5. The van der Waals surface area contributed by atoms with Crippen LogP contribution in [0.1, 0.15) is 0 Å². The van der Waals surface area contributed by atoms with Gasteiger partial charge in [-0.1, -0.05) is 0 Å². The first-order chi connectivity index (χ1) is 0. The predicted molar refractivity (Wildman–Crippen MR) is 11.3 cm³/mol. The molecule has 0 aliphatic carbocycles. The zero-order valence-corrected chi connectivity index (χ0v) is 6.77. The Morgan fingerprint density at radius 1 is 1.00 bits per heavy atom.